The van der Waals surface area contributed by atoms with Crippen LogP contribution in [0.15, 0.2) is 35.4 Å². The smallest absolute Gasteiger partial charge is 0.268 e. The molecule has 3 aromatic rings. The largest absolute Gasteiger partial charge is 0.383 e. The lowest BCUT2D eigenvalue weighted by atomic mass is 10.2. The van der Waals surface area contributed by atoms with Gasteiger partial charge in [0.2, 0.25) is 0 Å². The second-order valence-corrected chi connectivity index (χ2v) is 6.20. The molecule has 3 aromatic heterocycles. The molecule has 0 saturated carbocycles. The summed E-state index contributed by atoms with van der Waals surface area (Å²) in [5.74, 6) is 6.81. The van der Waals surface area contributed by atoms with Gasteiger partial charge in [-0.2, -0.15) is 5.10 Å². The number of nitrogens with zero attached hydrogens (tertiary/aromatic N) is 5. The zero-order chi connectivity index (χ0) is 19.4. The molecule has 0 spiro atoms. The van der Waals surface area contributed by atoms with Crippen LogP contribution in [-0.4, -0.2) is 38.0 Å². The van der Waals surface area contributed by atoms with Crippen LogP contribution in [0.2, 0.25) is 5.15 Å². The Balaban J connectivity index is 1.95. The summed E-state index contributed by atoms with van der Waals surface area (Å²) in [5.41, 5.74) is 2.66. The summed E-state index contributed by atoms with van der Waals surface area (Å²) in [6.07, 6.45) is 3.24. The molecule has 0 N–H and O–H groups in total. The number of hydrogen-bond donors (Lipinski definition) is 0. The van der Waals surface area contributed by atoms with Crippen molar-refractivity contribution >= 4 is 11.6 Å². The fraction of sp³-hybridized carbons (Fsp3) is 0.263. The highest BCUT2D eigenvalue weighted by Crippen LogP contribution is 2.16. The Bertz CT molecular complexity index is 1090. The molecule has 0 aliphatic heterocycles. The minimum atomic E-state index is -0.198. The number of aryl methyl sites for hydroxylation is 1. The Labute approximate surface area is 161 Å². The summed E-state index contributed by atoms with van der Waals surface area (Å²) in [4.78, 5) is 20.7. The normalized spacial score (nSPS) is 10.5. The van der Waals surface area contributed by atoms with Crippen LogP contribution in [0, 0.1) is 25.7 Å². The van der Waals surface area contributed by atoms with Crippen LogP contribution in [0.5, 0.6) is 0 Å². The van der Waals surface area contributed by atoms with Gasteiger partial charge in [0, 0.05) is 24.9 Å². The number of pyridine rings is 1. The molecule has 0 radical (unpaired) electrons. The molecule has 27 heavy (non-hydrogen) atoms. The molecule has 0 fully saturated rings. The van der Waals surface area contributed by atoms with Gasteiger partial charge >= 0.3 is 0 Å². The second-order valence-electron chi connectivity index (χ2n) is 5.81. The van der Waals surface area contributed by atoms with Gasteiger partial charge in [0.1, 0.15) is 16.7 Å². The van der Waals surface area contributed by atoms with E-state index in [-0.39, 0.29) is 5.56 Å². The summed E-state index contributed by atoms with van der Waals surface area (Å²) < 4.78 is 8.21. The van der Waals surface area contributed by atoms with Crippen molar-refractivity contribution in [1.82, 2.24) is 24.3 Å². The third kappa shape index (κ3) is 4.25. The van der Waals surface area contributed by atoms with Gasteiger partial charge < -0.3 is 4.74 Å². The van der Waals surface area contributed by atoms with Crippen molar-refractivity contribution < 1.29 is 4.74 Å². The standard InChI is InChI=1S/C19H18ClN5O2/c1-13-17(5-4-15-6-7-21-18(20)10-15)23-14(2)25(13)16-11-19(26)24(22-12-16)8-9-27-3/h6-7,10-12H,8-9H2,1-3H3. The topological polar surface area (TPSA) is 74.8 Å². The van der Waals surface area contributed by atoms with Gasteiger partial charge in [0.25, 0.3) is 5.56 Å². The zero-order valence-corrected chi connectivity index (χ0v) is 16.0. The van der Waals surface area contributed by atoms with Gasteiger partial charge in [0.05, 0.1) is 30.7 Å². The first kappa shape index (κ1) is 18.8. The Morgan fingerprint density at radius 3 is 2.78 bits per heavy atom. The number of rotatable bonds is 4. The maximum Gasteiger partial charge on any atom is 0.268 e. The molecule has 0 atom stereocenters. The van der Waals surface area contributed by atoms with Crippen molar-refractivity contribution in [3.05, 3.63) is 68.9 Å². The average molecular weight is 384 g/mol. The highest BCUT2D eigenvalue weighted by atomic mass is 35.5. The predicted octanol–water partition coefficient (Wildman–Crippen LogP) is 2.14. The van der Waals surface area contributed by atoms with Gasteiger partial charge in [-0.25, -0.2) is 14.6 Å². The lowest BCUT2D eigenvalue weighted by Crippen LogP contribution is -2.25. The summed E-state index contributed by atoms with van der Waals surface area (Å²) in [7, 11) is 1.58. The Hall–Kier alpha value is -2.95. The summed E-state index contributed by atoms with van der Waals surface area (Å²) in [6, 6.07) is 5.00. The van der Waals surface area contributed by atoms with Crippen molar-refractivity contribution in [2.75, 3.05) is 13.7 Å². The fourth-order valence-corrected chi connectivity index (χ4v) is 2.82. The molecule has 7 nitrogen and oxygen atoms in total. The van der Waals surface area contributed by atoms with Crippen molar-refractivity contribution in [2.45, 2.75) is 20.4 Å². The number of hydrogen-bond acceptors (Lipinski definition) is 5. The van der Waals surface area contributed by atoms with Gasteiger partial charge in [-0.1, -0.05) is 17.5 Å². The van der Waals surface area contributed by atoms with Gasteiger partial charge in [-0.05, 0) is 31.9 Å². The number of ether oxygens (including phenoxy) is 1. The van der Waals surface area contributed by atoms with E-state index in [0.29, 0.717) is 29.7 Å². The molecule has 0 saturated heterocycles. The number of imidazole rings is 1. The summed E-state index contributed by atoms with van der Waals surface area (Å²) in [5, 5.41) is 4.59. The molecule has 8 heteroatoms. The van der Waals surface area contributed by atoms with Gasteiger partial charge in [-0.15, -0.1) is 0 Å². The molecule has 0 amide bonds. The van der Waals surface area contributed by atoms with Crippen LogP contribution in [0.1, 0.15) is 22.8 Å². The van der Waals surface area contributed by atoms with E-state index in [1.54, 1.807) is 31.6 Å². The van der Waals surface area contributed by atoms with Crippen molar-refractivity contribution in [2.24, 2.45) is 0 Å². The predicted molar refractivity (Wildman–Crippen MR) is 102 cm³/mol. The fourth-order valence-electron chi connectivity index (χ4n) is 2.64. The molecule has 138 valence electrons. The van der Waals surface area contributed by atoms with Crippen LogP contribution >= 0.6 is 11.6 Å². The quantitative estimate of drug-likeness (QED) is 0.509. The molecular weight excluding hydrogens is 366 g/mol. The second kappa shape index (κ2) is 8.16. The van der Waals surface area contributed by atoms with Crippen molar-refractivity contribution in [1.29, 1.82) is 0 Å². The number of methoxy groups -OCH3 is 1. The van der Waals surface area contributed by atoms with E-state index in [2.05, 4.69) is 26.9 Å². The Morgan fingerprint density at radius 2 is 2.07 bits per heavy atom. The highest BCUT2D eigenvalue weighted by Gasteiger charge is 2.12. The third-order valence-corrected chi connectivity index (χ3v) is 4.15. The molecule has 3 heterocycles. The first-order chi connectivity index (χ1) is 13.0. The molecule has 0 aliphatic rings. The van der Waals surface area contributed by atoms with Crippen molar-refractivity contribution in [3.8, 4) is 17.5 Å². The van der Waals surface area contributed by atoms with Crippen LogP contribution < -0.4 is 5.56 Å². The number of halogens is 1. The number of aromatic nitrogens is 5. The minimum absolute atomic E-state index is 0.198. The maximum absolute atomic E-state index is 12.3. The van der Waals surface area contributed by atoms with E-state index in [4.69, 9.17) is 16.3 Å². The van der Waals surface area contributed by atoms with Crippen LogP contribution in [0.4, 0.5) is 0 Å². The van der Waals surface area contributed by atoms with Crippen LogP contribution in [-0.2, 0) is 11.3 Å². The van der Waals surface area contributed by atoms with Crippen molar-refractivity contribution in [3.63, 3.8) is 0 Å². The van der Waals surface area contributed by atoms with E-state index in [0.717, 1.165) is 17.1 Å². The molecule has 0 aromatic carbocycles. The van der Waals surface area contributed by atoms with Crippen LogP contribution in [0.25, 0.3) is 5.69 Å². The zero-order valence-electron chi connectivity index (χ0n) is 15.2. The third-order valence-electron chi connectivity index (χ3n) is 3.95. The van der Waals surface area contributed by atoms with E-state index < -0.39 is 0 Å². The molecule has 0 bridgehead atoms. The molecule has 3 rings (SSSR count). The first-order valence-corrected chi connectivity index (χ1v) is 8.63. The molecule has 0 unspecified atom stereocenters. The summed E-state index contributed by atoms with van der Waals surface area (Å²) >= 11 is 5.88. The first-order valence-electron chi connectivity index (χ1n) is 8.25. The Morgan fingerprint density at radius 1 is 1.26 bits per heavy atom. The monoisotopic (exact) mass is 383 g/mol. The minimum Gasteiger partial charge on any atom is -0.383 e. The lowest BCUT2D eigenvalue weighted by Gasteiger charge is -2.09. The maximum atomic E-state index is 12.3. The SMILES string of the molecule is COCCn1ncc(-n2c(C)nc(C#Cc3ccnc(Cl)c3)c2C)cc1=O. The Kier molecular flexibility index (Phi) is 5.69. The van der Waals surface area contributed by atoms with Crippen LogP contribution in [0.3, 0.4) is 0 Å². The van der Waals surface area contributed by atoms with E-state index >= 15 is 0 Å². The molecular formula is C19H18ClN5O2. The van der Waals surface area contributed by atoms with E-state index in [1.807, 2.05) is 18.4 Å². The lowest BCUT2D eigenvalue weighted by molar-refractivity contribution is 0.182. The average Bonchev–Trinajstić information content (AvgIpc) is 2.92. The molecule has 0 aliphatic carbocycles. The van der Waals surface area contributed by atoms with E-state index in [1.165, 1.54) is 10.7 Å². The van der Waals surface area contributed by atoms with Gasteiger partial charge in [0.15, 0.2) is 0 Å². The summed E-state index contributed by atoms with van der Waals surface area (Å²) in [6.45, 7) is 4.59. The van der Waals surface area contributed by atoms with Gasteiger partial charge in [-0.3, -0.25) is 9.36 Å². The highest BCUT2D eigenvalue weighted by molar-refractivity contribution is 6.29. The van der Waals surface area contributed by atoms with E-state index in [9.17, 15) is 4.79 Å².